The maximum absolute atomic E-state index is 14.0. The first-order valence-corrected chi connectivity index (χ1v) is 10.4. The Kier molecular flexibility index (Phi) is 6.78. The monoisotopic (exact) mass is 486 g/mol. The van der Waals surface area contributed by atoms with Crippen LogP contribution in [-0.4, -0.2) is 30.7 Å². The van der Waals surface area contributed by atoms with E-state index in [2.05, 4.69) is 20.4 Å². The van der Waals surface area contributed by atoms with Crippen LogP contribution in [0.15, 0.2) is 79.5 Å². The van der Waals surface area contributed by atoms with Gasteiger partial charge in [0.05, 0.1) is 17.6 Å². The van der Waals surface area contributed by atoms with Crippen molar-refractivity contribution in [3.8, 4) is 5.69 Å². The van der Waals surface area contributed by atoms with Crippen molar-refractivity contribution in [3.05, 3.63) is 101 Å². The molecule has 174 valence electrons. The van der Waals surface area contributed by atoms with Crippen molar-refractivity contribution in [3.63, 3.8) is 0 Å². The normalized spacial score (nSPS) is 11.3. The summed E-state index contributed by atoms with van der Waals surface area (Å²) in [6.45, 7) is 0.252. The smallest absolute Gasteiger partial charge is 0.316 e. The first-order valence-electron chi connectivity index (χ1n) is 10.1. The SMILES string of the molecule is O=C(Nc1cnn(-c2ccc(Cl)cc2)c1C(F)(F)F)N(Cc1cccnc1)Cc1cccnc1. The highest BCUT2D eigenvalue weighted by Crippen LogP contribution is 2.36. The molecule has 0 unspecified atom stereocenters. The Morgan fingerprint density at radius 1 is 0.941 bits per heavy atom. The van der Waals surface area contributed by atoms with Gasteiger partial charge in [-0.1, -0.05) is 23.7 Å². The van der Waals surface area contributed by atoms with Gasteiger partial charge in [-0.3, -0.25) is 9.97 Å². The van der Waals surface area contributed by atoms with Gasteiger partial charge in [0.1, 0.15) is 0 Å². The summed E-state index contributed by atoms with van der Waals surface area (Å²) >= 11 is 5.85. The Labute approximate surface area is 197 Å². The van der Waals surface area contributed by atoms with E-state index in [1.807, 2.05) is 0 Å². The molecule has 1 N–H and O–H groups in total. The highest BCUT2D eigenvalue weighted by molar-refractivity contribution is 6.30. The Morgan fingerprint density at radius 2 is 1.53 bits per heavy atom. The molecule has 0 fully saturated rings. The van der Waals surface area contributed by atoms with Crippen molar-refractivity contribution in [2.75, 3.05) is 5.32 Å². The predicted octanol–water partition coefficient (Wildman–Crippen LogP) is 5.57. The number of nitrogens with one attached hydrogen (secondary N) is 1. The largest absolute Gasteiger partial charge is 0.435 e. The molecule has 0 spiro atoms. The zero-order valence-electron chi connectivity index (χ0n) is 17.6. The van der Waals surface area contributed by atoms with E-state index in [9.17, 15) is 18.0 Å². The van der Waals surface area contributed by atoms with E-state index < -0.39 is 23.6 Å². The number of halogens is 4. The van der Waals surface area contributed by atoms with Gasteiger partial charge in [-0.25, -0.2) is 9.48 Å². The van der Waals surface area contributed by atoms with E-state index in [-0.39, 0.29) is 18.8 Å². The van der Waals surface area contributed by atoms with Crippen molar-refractivity contribution < 1.29 is 18.0 Å². The molecule has 0 aliphatic rings. The van der Waals surface area contributed by atoms with Gasteiger partial charge in [-0.15, -0.1) is 0 Å². The van der Waals surface area contributed by atoms with Crippen LogP contribution in [0.25, 0.3) is 5.69 Å². The van der Waals surface area contributed by atoms with Crippen LogP contribution in [0.3, 0.4) is 0 Å². The maximum atomic E-state index is 14.0. The number of benzene rings is 1. The average Bonchev–Trinajstić information content (AvgIpc) is 3.24. The van der Waals surface area contributed by atoms with E-state index in [4.69, 9.17) is 11.6 Å². The average molecular weight is 487 g/mol. The van der Waals surface area contributed by atoms with Gasteiger partial charge in [0.25, 0.3) is 0 Å². The second kappa shape index (κ2) is 9.92. The number of alkyl halides is 3. The molecule has 0 aliphatic carbocycles. The molecule has 0 atom stereocenters. The summed E-state index contributed by atoms with van der Waals surface area (Å²) in [7, 11) is 0. The topological polar surface area (TPSA) is 75.9 Å². The van der Waals surface area contributed by atoms with E-state index in [1.165, 1.54) is 29.2 Å². The third kappa shape index (κ3) is 5.52. The lowest BCUT2D eigenvalue weighted by atomic mass is 10.2. The van der Waals surface area contributed by atoms with Crippen LogP contribution in [0, 0.1) is 0 Å². The lowest BCUT2D eigenvalue weighted by molar-refractivity contribution is -0.142. The number of anilines is 1. The number of hydrogen-bond donors (Lipinski definition) is 1. The molecule has 1 aromatic carbocycles. The number of aromatic nitrogens is 4. The molecular weight excluding hydrogens is 469 g/mol. The number of hydrogen-bond acceptors (Lipinski definition) is 4. The maximum Gasteiger partial charge on any atom is 0.435 e. The Balaban J connectivity index is 1.64. The quantitative estimate of drug-likeness (QED) is 0.386. The fraction of sp³-hybridized carbons (Fsp3) is 0.130. The Bertz CT molecular complexity index is 1210. The minimum atomic E-state index is -4.78. The van der Waals surface area contributed by atoms with Crippen molar-refractivity contribution >= 4 is 23.3 Å². The summed E-state index contributed by atoms with van der Waals surface area (Å²) in [5, 5.41) is 6.61. The Morgan fingerprint density at radius 3 is 2.03 bits per heavy atom. The summed E-state index contributed by atoms with van der Waals surface area (Å²) in [4.78, 5) is 22.6. The summed E-state index contributed by atoms with van der Waals surface area (Å²) in [6, 6.07) is 12.0. The minimum absolute atomic E-state index is 0.126. The van der Waals surface area contributed by atoms with Gasteiger partial charge in [0, 0.05) is 42.9 Å². The molecule has 0 bridgehead atoms. The third-order valence-corrected chi connectivity index (χ3v) is 5.08. The van der Waals surface area contributed by atoms with Crippen LogP contribution in [0.2, 0.25) is 5.02 Å². The number of urea groups is 1. The van der Waals surface area contributed by atoms with E-state index in [0.29, 0.717) is 5.02 Å². The molecule has 7 nitrogen and oxygen atoms in total. The Hall–Kier alpha value is -3.92. The minimum Gasteiger partial charge on any atom is -0.316 e. The van der Waals surface area contributed by atoms with Gasteiger partial charge >= 0.3 is 12.2 Å². The number of pyridine rings is 2. The van der Waals surface area contributed by atoms with Gasteiger partial charge in [-0.05, 0) is 47.5 Å². The van der Waals surface area contributed by atoms with E-state index in [1.54, 1.807) is 49.1 Å². The van der Waals surface area contributed by atoms with Crippen LogP contribution >= 0.6 is 11.6 Å². The summed E-state index contributed by atoms with van der Waals surface area (Å²) < 4.78 is 42.7. The second-order valence-electron chi connectivity index (χ2n) is 7.30. The second-order valence-corrected chi connectivity index (χ2v) is 7.74. The highest BCUT2D eigenvalue weighted by Gasteiger charge is 2.39. The lowest BCUT2D eigenvalue weighted by Crippen LogP contribution is -2.34. The summed E-state index contributed by atoms with van der Waals surface area (Å²) in [5.74, 6) is 0. The fourth-order valence-electron chi connectivity index (χ4n) is 3.31. The van der Waals surface area contributed by atoms with Crippen LogP contribution in [-0.2, 0) is 19.3 Å². The van der Waals surface area contributed by atoms with Gasteiger partial charge in [-0.2, -0.15) is 18.3 Å². The van der Waals surface area contributed by atoms with E-state index >= 15 is 0 Å². The molecule has 0 saturated heterocycles. The third-order valence-electron chi connectivity index (χ3n) is 4.83. The molecule has 3 heterocycles. The fourth-order valence-corrected chi connectivity index (χ4v) is 3.43. The zero-order valence-corrected chi connectivity index (χ0v) is 18.3. The van der Waals surface area contributed by atoms with Crippen LogP contribution in [0.4, 0.5) is 23.7 Å². The summed E-state index contributed by atoms with van der Waals surface area (Å²) in [6.07, 6.45) is 2.55. The lowest BCUT2D eigenvalue weighted by Gasteiger charge is -2.23. The van der Waals surface area contributed by atoms with Crippen molar-refractivity contribution in [2.24, 2.45) is 0 Å². The van der Waals surface area contributed by atoms with Gasteiger partial charge in [0.2, 0.25) is 0 Å². The number of carbonyl (C=O) groups is 1. The van der Waals surface area contributed by atoms with E-state index in [0.717, 1.165) is 22.0 Å². The summed E-state index contributed by atoms with van der Waals surface area (Å²) in [5.41, 5.74) is 0.0180. The molecule has 0 saturated carbocycles. The molecule has 0 radical (unpaired) electrons. The first kappa shape index (κ1) is 23.2. The number of nitrogens with zero attached hydrogens (tertiary/aromatic N) is 5. The molecular formula is C23H18ClF3N6O. The molecule has 11 heteroatoms. The number of carbonyl (C=O) groups excluding carboxylic acids is 1. The first-order chi connectivity index (χ1) is 16.3. The zero-order chi connectivity index (χ0) is 24.1. The van der Waals surface area contributed by atoms with Gasteiger partial charge < -0.3 is 10.2 Å². The predicted molar refractivity (Wildman–Crippen MR) is 120 cm³/mol. The van der Waals surface area contributed by atoms with Gasteiger partial charge in [0.15, 0.2) is 5.69 Å². The molecule has 4 aromatic rings. The number of amides is 2. The highest BCUT2D eigenvalue weighted by atomic mass is 35.5. The van der Waals surface area contributed by atoms with Crippen molar-refractivity contribution in [2.45, 2.75) is 19.3 Å². The molecule has 34 heavy (non-hydrogen) atoms. The van der Waals surface area contributed by atoms with Crippen molar-refractivity contribution in [1.82, 2.24) is 24.6 Å². The molecule has 0 aliphatic heterocycles. The van der Waals surface area contributed by atoms with Crippen LogP contribution < -0.4 is 5.32 Å². The number of rotatable bonds is 6. The van der Waals surface area contributed by atoms with Crippen molar-refractivity contribution in [1.29, 1.82) is 0 Å². The van der Waals surface area contributed by atoms with Crippen LogP contribution in [0.1, 0.15) is 16.8 Å². The standard InChI is InChI=1S/C23H18ClF3N6O/c24-18-5-7-19(8-6-18)33-21(23(25,26)27)20(13-30-33)31-22(34)32(14-16-3-1-9-28-11-16)15-17-4-2-10-29-12-17/h1-13H,14-15H2,(H,31,34). The van der Waals surface area contributed by atoms with Crippen LogP contribution in [0.5, 0.6) is 0 Å². The molecule has 4 rings (SSSR count). The molecule has 3 aromatic heterocycles. The molecule has 2 amide bonds.